The summed E-state index contributed by atoms with van der Waals surface area (Å²) in [6.07, 6.45) is 9.08. The van der Waals surface area contributed by atoms with Crippen LogP contribution in [0.4, 0.5) is 0 Å². The fourth-order valence-electron chi connectivity index (χ4n) is 0. The first kappa shape index (κ1) is 23.1. The predicted molar refractivity (Wildman–Crippen MR) is 48.1 cm³/mol. The molecule has 0 aromatic heterocycles. The maximum atomic E-state index is 8.70. The Bertz CT molecular complexity index is 89.5. The summed E-state index contributed by atoms with van der Waals surface area (Å²) in [5, 5.41) is 0. The summed E-state index contributed by atoms with van der Waals surface area (Å²) in [6.45, 7) is 0. The molecule has 0 fully saturated rings. The molecule has 4 nitrogen and oxygen atoms in total. The Kier molecular flexibility index (Phi) is 25.1. The minimum absolute atomic E-state index is 0. The van der Waals surface area contributed by atoms with Crippen molar-refractivity contribution in [3.05, 3.63) is 0 Å². The molecule has 0 amide bonds. The van der Waals surface area contributed by atoms with Gasteiger partial charge in [0, 0.05) is 4.57 Å². The molecular weight excluding hydrogens is 214 g/mol. The Hall–Kier alpha value is 1.97. The second-order valence-electron chi connectivity index (χ2n) is 2.70. The van der Waals surface area contributed by atoms with Gasteiger partial charge < -0.3 is 6.90 Å². The number of hydrogen-bond donors (Lipinski definition) is 2. The molecule has 0 radical (unpaired) electrons. The average Bonchev–Trinajstić information content (AvgIpc) is 1.19. The zero-order valence-electron chi connectivity index (χ0n) is 8.66. The number of rotatable bonds is 0. The van der Waals surface area contributed by atoms with Crippen LogP contribution in [0.15, 0.2) is 0 Å². The Labute approximate surface area is 114 Å². The van der Waals surface area contributed by atoms with Crippen molar-refractivity contribution in [2.45, 2.75) is 0 Å². The van der Waals surface area contributed by atoms with E-state index in [1.165, 1.54) is 0 Å². The molecule has 0 rings (SSSR count). The molecule has 0 aliphatic rings. The number of hydrogen-bond acceptors (Lipinski definition) is 1. The monoisotopic (exact) mass is 231 g/mol. The van der Waals surface area contributed by atoms with E-state index in [-0.39, 0.29) is 68.3 Å². The van der Waals surface area contributed by atoms with Gasteiger partial charge in [0.05, 0.1) is 0 Å². The minimum Gasteiger partial charge on any atom is -1.00 e. The van der Waals surface area contributed by atoms with Gasteiger partial charge in [-0.15, -0.1) is 9.79 Å². The molecule has 4 N–H and O–H groups in total. The van der Waals surface area contributed by atoms with Crippen molar-refractivity contribution in [3.63, 3.8) is 0 Å². The first-order valence-electron chi connectivity index (χ1n) is 2.22. The van der Waals surface area contributed by atoms with Crippen molar-refractivity contribution >= 4 is 18.3 Å². The Morgan fingerprint density at radius 3 is 1.18 bits per heavy atom. The van der Waals surface area contributed by atoms with Gasteiger partial charge in [0.1, 0.15) is 0 Å². The zero-order valence-corrected chi connectivity index (χ0v) is 12.5. The summed E-state index contributed by atoms with van der Waals surface area (Å²) in [6, 6.07) is 0. The van der Waals surface area contributed by atoms with E-state index < -0.39 is 8.25 Å². The molecule has 7 heteroatoms. The summed E-state index contributed by atoms with van der Waals surface area (Å²) < 4.78 is 8.70. The second-order valence-corrected chi connectivity index (χ2v) is 8.11. The van der Waals surface area contributed by atoms with E-state index in [4.69, 9.17) is 14.4 Å². The van der Waals surface area contributed by atoms with Crippen LogP contribution >= 0.6 is 18.3 Å². The van der Waals surface area contributed by atoms with Gasteiger partial charge in [-0.05, 0) is 25.0 Å². The molecule has 11 heavy (non-hydrogen) atoms. The van der Waals surface area contributed by atoms with Gasteiger partial charge in [0.2, 0.25) is 0 Å². The minimum atomic E-state index is -2.87. The van der Waals surface area contributed by atoms with E-state index in [9.17, 15) is 0 Å². The van der Waals surface area contributed by atoms with Gasteiger partial charge in [0.25, 0.3) is 0 Å². The van der Waals surface area contributed by atoms with Gasteiger partial charge in [-0.2, -0.15) is 0 Å². The molecule has 0 aromatic rings. The van der Waals surface area contributed by atoms with Gasteiger partial charge in [-0.3, -0.25) is 10.0 Å². The third-order valence-electron chi connectivity index (χ3n) is 0. The van der Waals surface area contributed by atoms with Crippen LogP contribution in [0.1, 0.15) is 1.43 Å². The molecule has 0 aliphatic carbocycles. The van der Waals surface area contributed by atoms with Crippen molar-refractivity contribution < 1.29 is 72.6 Å². The Morgan fingerprint density at radius 1 is 1.18 bits per heavy atom. The van der Waals surface area contributed by atoms with Crippen molar-refractivity contribution in [3.8, 4) is 0 Å². The largest absolute Gasteiger partial charge is 1.00 e. The van der Waals surface area contributed by atoms with Crippen LogP contribution in [0.5, 0.6) is 0 Å². The smallest absolute Gasteiger partial charge is 1.00 e. The Morgan fingerprint density at radius 2 is 1.18 bits per heavy atom. The normalized spacial score (nSPS) is 9.27. The summed E-state index contributed by atoms with van der Waals surface area (Å²) >= 11 is 0. The van der Waals surface area contributed by atoms with Crippen LogP contribution in [0.25, 0.3) is 0 Å². The zero-order chi connectivity index (χ0) is 8.08. The van der Waals surface area contributed by atoms with Gasteiger partial charge in [-0.25, -0.2) is 0 Å². The Balaban J connectivity index is -0.0000000221. The fraction of sp³-hybridized carbons (Fsp3) is 1.00. The molecule has 0 saturated heterocycles. The molecule has 0 saturated carbocycles. The first-order valence-corrected chi connectivity index (χ1v) is 6.65. The van der Waals surface area contributed by atoms with E-state index in [1.54, 1.807) is 0 Å². The average molecular weight is 231 g/mol. The summed E-state index contributed by atoms with van der Waals surface area (Å²) in [5.74, 6) is 0. The molecule has 0 unspecified atom stereocenters. The van der Waals surface area contributed by atoms with Crippen LogP contribution in [-0.2, 0) is 4.57 Å². The topological polar surface area (TPSA) is 89.0 Å². The van der Waals surface area contributed by atoms with Crippen LogP contribution in [-0.4, -0.2) is 40.3 Å². The predicted octanol–water partition coefficient (Wildman–Crippen LogP) is -2.77. The van der Waals surface area contributed by atoms with Crippen molar-refractivity contribution in [2.75, 3.05) is 25.0 Å². The fourth-order valence-corrected chi connectivity index (χ4v) is 0. The molecule has 0 aromatic carbocycles. The summed E-state index contributed by atoms with van der Waals surface area (Å²) in [5.41, 5.74) is 0. The van der Waals surface area contributed by atoms with E-state index in [1.807, 2.05) is 0 Å². The molecular formula is C4H17KO4PS+. The standard InChI is InChI=1S/C4H12S.K.HO3P.H2O.H/c1-5(2,3)4;;1-4(2)3;;/h1-4H3;;(H-,1,2,3);1H2;/q;+1;;;-1/p+1. The molecule has 0 atom stereocenters. The van der Waals surface area contributed by atoms with E-state index in [0.29, 0.717) is 0 Å². The van der Waals surface area contributed by atoms with E-state index in [0.717, 1.165) is 0 Å². The van der Waals surface area contributed by atoms with Crippen LogP contribution in [0.3, 0.4) is 0 Å². The van der Waals surface area contributed by atoms with Gasteiger partial charge in [0.15, 0.2) is 0 Å². The van der Waals surface area contributed by atoms with Crippen molar-refractivity contribution in [1.29, 1.82) is 0 Å². The van der Waals surface area contributed by atoms with Crippen LogP contribution < -0.4 is 51.4 Å². The molecule has 0 spiro atoms. The SMILES string of the molecule is CS(C)(C)C.O.O=[P+](O)O.[H-].[K+]. The maximum absolute atomic E-state index is 8.70. The first-order chi connectivity index (χ1) is 3.73. The quantitative estimate of drug-likeness (QED) is 0.349. The third kappa shape index (κ3) is 307. The second kappa shape index (κ2) is 12.0. The van der Waals surface area contributed by atoms with Crippen molar-refractivity contribution in [2.24, 2.45) is 0 Å². The van der Waals surface area contributed by atoms with Gasteiger partial charge >= 0.3 is 59.6 Å². The summed E-state index contributed by atoms with van der Waals surface area (Å²) in [7, 11) is -3.04. The molecule has 68 valence electrons. The molecule has 0 heterocycles. The van der Waals surface area contributed by atoms with Crippen molar-refractivity contribution in [1.82, 2.24) is 0 Å². The van der Waals surface area contributed by atoms with Crippen LogP contribution in [0, 0.1) is 0 Å². The summed E-state index contributed by atoms with van der Waals surface area (Å²) in [4.78, 5) is 14.2. The van der Waals surface area contributed by atoms with Gasteiger partial charge in [-0.1, -0.05) is 0 Å². The molecule has 0 aliphatic heterocycles. The van der Waals surface area contributed by atoms with E-state index >= 15 is 0 Å². The van der Waals surface area contributed by atoms with Crippen LogP contribution in [0.2, 0.25) is 0 Å². The van der Waals surface area contributed by atoms with E-state index in [2.05, 4.69) is 25.0 Å². The third-order valence-corrected chi connectivity index (χ3v) is 0. The molecule has 0 bridgehead atoms. The maximum Gasteiger partial charge on any atom is 1.00 e.